The standard InChI is InChI=1S/C20H23N3O4/c1-3-5-11-22-18(24)14-10-12-21-17(13-14)19(25)23-16-9-7-6-8-15(16)20(26)27-4-2/h6-10,12-13H,3-5,11H2,1-2H3,(H,22,24)(H,23,25). The monoisotopic (exact) mass is 369 g/mol. The van der Waals surface area contributed by atoms with Crippen LogP contribution in [0.3, 0.4) is 0 Å². The second-order valence-electron chi connectivity index (χ2n) is 5.76. The van der Waals surface area contributed by atoms with Crippen molar-refractivity contribution in [2.75, 3.05) is 18.5 Å². The van der Waals surface area contributed by atoms with E-state index < -0.39 is 11.9 Å². The topological polar surface area (TPSA) is 97.4 Å². The number of hydrogen-bond donors (Lipinski definition) is 2. The first-order valence-corrected chi connectivity index (χ1v) is 8.88. The van der Waals surface area contributed by atoms with E-state index in [0.717, 1.165) is 12.8 Å². The zero-order valence-electron chi connectivity index (χ0n) is 15.5. The second-order valence-corrected chi connectivity index (χ2v) is 5.76. The maximum atomic E-state index is 12.5. The highest BCUT2D eigenvalue weighted by molar-refractivity contribution is 6.08. The molecular formula is C20H23N3O4. The van der Waals surface area contributed by atoms with E-state index >= 15 is 0 Å². The Morgan fingerprint density at radius 1 is 1.07 bits per heavy atom. The van der Waals surface area contributed by atoms with Gasteiger partial charge in [0.15, 0.2) is 0 Å². The largest absolute Gasteiger partial charge is 0.462 e. The summed E-state index contributed by atoms with van der Waals surface area (Å²) >= 11 is 0. The molecule has 0 aliphatic carbocycles. The third-order valence-corrected chi connectivity index (χ3v) is 3.74. The van der Waals surface area contributed by atoms with Crippen LogP contribution in [0.5, 0.6) is 0 Å². The lowest BCUT2D eigenvalue weighted by Gasteiger charge is -2.10. The van der Waals surface area contributed by atoms with E-state index in [2.05, 4.69) is 15.6 Å². The minimum absolute atomic E-state index is 0.0804. The van der Waals surface area contributed by atoms with Crippen LogP contribution in [0, 0.1) is 0 Å². The van der Waals surface area contributed by atoms with Gasteiger partial charge in [0.2, 0.25) is 0 Å². The first kappa shape index (κ1) is 20.1. The molecule has 27 heavy (non-hydrogen) atoms. The van der Waals surface area contributed by atoms with Crippen LogP contribution in [0.1, 0.15) is 57.9 Å². The van der Waals surface area contributed by atoms with Gasteiger partial charge in [0.1, 0.15) is 5.69 Å². The van der Waals surface area contributed by atoms with Gasteiger partial charge in [-0.05, 0) is 37.6 Å². The molecule has 7 heteroatoms. The molecule has 2 rings (SSSR count). The molecule has 1 heterocycles. The number of amides is 2. The number of rotatable bonds is 8. The molecule has 0 aliphatic rings. The number of carbonyl (C=O) groups is 3. The summed E-state index contributed by atoms with van der Waals surface area (Å²) < 4.78 is 4.99. The molecule has 1 aromatic heterocycles. The zero-order chi connectivity index (χ0) is 19.6. The quantitative estimate of drug-likeness (QED) is 0.551. The minimum Gasteiger partial charge on any atom is -0.462 e. The number of hydrogen-bond acceptors (Lipinski definition) is 5. The highest BCUT2D eigenvalue weighted by Crippen LogP contribution is 2.17. The lowest BCUT2D eigenvalue weighted by Crippen LogP contribution is -2.25. The fraction of sp³-hybridized carbons (Fsp3) is 0.300. The minimum atomic E-state index is -0.523. The normalized spacial score (nSPS) is 10.1. The molecule has 2 amide bonds. The Bertz CT molecular complexity index is 820. The second kappa shape index (κ2) is 10.1. The summed E-state index contributed by atoms with van der Waals surface area (Å²) in [6.45, 7) is 4.55. The van der Waals surface area contributed by atoms with Gasteiger partial charge in [-0.25, -0.2) is 4.79 Å². The molecule has 2 N–H and O–H groups in total. The van der Waals surface area contributed by atoms with E-state index in [1.807, 2.05) is 6.92 Å². The number of para-hydroxylation sites is 1. The fourth-order valence-electron chi connectivity index (χ4n) is 2.34. The van der Waals surface area contributed by atoms with Crippen LogP contribution in [0.4, 0.5) is 5.69 Å². The van der Waals surface area contributed by atoms with E-state index in [0.29, 0.717) is 17.8 Å². The smallest absolute Gasteiger partial charge is 0.340 e. The van der Waals surface area contributed by atoms with Crippen molar-refractivity contribution >= 4 is 23.5 Å². The molecular weight excluding hydrogens is 346 g/mol. The van der Waals surface area contributed by atoms with Crippen molar-refractivity contribution in [2.45, 2.75) is 26.7 Å². The summed E-state index contributed by atoms with van der Waals surface area (Å²) in [7, 11) is 0. The van der Waals surface area contributed by atoms with Crippen molar-refractivity contribution < 1.29 is 19.1 Å². The number of nitrogens with one attached hydrogen (secondary N) is 2. The van der Waals surface area contributed by atoms with E-state index in [4.69, 9.17) is 4.74 Å². The number of benzene rings is 1. The van der Waals surface area contributed by atoms with Crippen molar-refractivity contribution in [2.24, 2.45) is 0 Å². The highest BCUT2D eigenvalue weighted by Gasteiger charge is 2.16. The number of aromatic nitrogens is 1. The summed E-state index contributed by atoms with van der Waals surface area (Å²) in [5.41, 5.74) is 1.00. The zero-order valence-corrected chi connectivity index (χ0v) is 15.5. The number of nitrogens with zero attached hydrogens (tertiary/aromatic N) is 1. The molecule has 1 aromatic carbocycles. The van der Waals surface area contributed by atoms with Crippen LogP contribution < -0.4 is 10.6 Å². The maximum absolute atomic E-state index is 12.5. The number of carbonyl (C=O) groups excluding carboxylic acids is 3. The summed E-state index contributed by atoms with van der Waals surface area (Å²) in [5.74, 6) is -1.30. The Morgan fingerprint density at radius 3 is 2.59 bits per heavy atom. The molecule has 0 aliphatic heterocycles. The Morgan fingerprint density at radius 2 is 1.85 bits per heavy atom. The van der Waals surface area contributed by atoms with Crippen molar-refractivity contribution in [3.05, 3.63) is 59.4 Å². The molecule has 142 valence electrons. The fourth-order valence-corrected chi connectivity index (χ4v) is 2.34. The van der Waals surface area contributed by atoms with Gasteiger partial charge in [-0.2, -0.15) is 0 Å². The maximum Gasteiger partial charge on any atom is 0.340 e. The molecule has 0 bridgehead atoms. The molecule has 0 saturated carbocycles. The lowest BCUT2D eigenvalue weighted by atomic mass is 10.1. The van der Waals surface area contributed by atoms with Crippen molar-refractivity contribution in [1.29, 1.82) is 0 Å². The SMILES string of the molecule is CCCCNC(=O)c1ccnc(C(=O)Nc2ccccc2C(=O)OCC)c1. The Balaban J connectivity index is 2.14. The average molecular weight is 369 g/mol. The van der Waals surface area contributed by atoms with E-state index in [9.17, 15) is 14.4 Å². The molecule has 0 spiro atoms. The van der Waals surface area contributed by atoms with Gasteiger partial charge in [-0.1, -0.05) is 25.5 Å². The molecule has 0 atom stereocenters. The van der Waals surface area contributed by atoms with Gasteiger partial charge in [0.25, 0.3) is 11.8 Å². The van der Waals surface area contributed by atoms with E-state index in [1.54, 1.807) is 37.3 Å². The predicted molar refractivity (Wildman–Crippen MR) is 102 cm³/mol. The number of ether oxygens (including phenoxy) is 1. The summed E-state index contributed by atoms with van der Waals surface area (Å²) in [6, 6.07) is 9.52. The summed E-state index contributed by atoms with van der Waals surface area (Å²) in [6.07, 6.45) is 3.26. The Kier molecular flexibility index (Phi) is 7.49. The van der Waals surface area contributed by atoms with Crippen LogP contribution >= 0.6 is 0 Å². The van der Waals surface area contributed by atoms with Gasteiger partial charge in [-0.3, -0.25) is 14.6 Å². The Labute approximate surface area is 158 Å². The molecule has 0 saturated heterocycles. The number of pyridine rings is 1. The van der Waals surface area contributed by atoms with Crippen LogP contribution in [-0.4, -0.2) is 35.9 Å². The van der Waals surface area contributed by atoms with Crippen LogP contribution in [0.2, 0.25) is 0 Å². The van der Waals surface area contributed by atoms with Gasteiger partial charge >= 0.3 is 5.97 Å². The predicted octanol–water partition coefficient (Wildman–Crippen LogP) is 3.04. The van der Waals surface area contributed by atoms with E-state index in [-0.39, 0.29) is 23.8 Å². The van der Waals surface area contributed by atoms with Crippen LogP contribution in [-0.2, 0) is 4.74 Å². The molecule has 0 radical (unpaired) electrons. The summed E-state index contributed by atoms with van der Waals surface area (Å²) in [5, 5.41) is 5.44. The van der Waals surface area contributed by atoms with E-state index in [1.165, 1.54) is 12.3 Å². The third-order valence-electron chi connectivity index (χ3n) is 3.74. The van der Waals surface area contributed by atoms with Crippen molar-refractivity contribution in [1.82, 2.24) is 10.3 Å². The Hall–Kier alpha value is -3.22. The molecule has 0 unspecified atom stereocenters. The average Bonchev–Trinajstić information content (AvgIpc) is 2.68. The van der Waals surface area contributed by atoms with Crippen molar-refractivity contribution in [3.63, 3.8) is 0 Å². The molecule has 2 aromatic rings. The van der Waals surface area contributed by atoms with Gasteiger partial charge in [-0.15, -0.1) is 0 Å². The first-order valence-electron chi connectivity index (χ1n) is 8.88. The molecule has 7 nitrogen and oxygen atoms in total. The van der Waals surface area contributed by atoms with Gasteiger partial charge in [0.05, 0.1) is 17.9 Å². The highest BCUT2D eigenvalue weighted by atomic mass is 16.5. The van der Waals surface area contributed by atoms with Crippen molar-refractivity contribution in [3.8, 4) is 0 Å². The number of anilines is 1. The van der Waals surface area contributed by atoms with Gasteiger partial charge in [0, 0.05) is 18.3 Å². The number of unbranched alkanes of at least 4 members (excludes halogenated alkanes) is 1. The van der Waals surface area contributed by atoms with Gasteiger partial charge < -0.3 is 15.4 Å². The molecule has 0 fully saturated rings. The first-order chi connectivity index (χ1) is 13.1. The number of esters is 1. The van der Waals surface area contributed by atoms with Crippen LogP contribution in [0.25, 0.3) is 0 Å². The summed E-state index contributed by atoms with van der Waals surface area (Å²) in [4.78, 5) is 40.7. The third kappa shape index (κ3) is 5.64. The lowest BCUT2D eigenvalue weighted by molar-refractivity contribution is 0.0527. The van der Waals surface area contributed by atoms with Crippen LogP contribution in [0.15, 0.2) is 42.6 Å².